The van der Waals surface area contributed by atoms with E-state index in [1.54, 1.807) is 18.3 Å². The second-order valence-corrected chi connectivity index (χ2v) is 4.80. The second-order valence-electron chi connectivity index (χ2n) is 4.80. The Bertz CT molecular complexity index is 580. The van der Waals surface area contributed by atoms with Crippen LogP contribution in [0.25, 0.3) is 0 Å². The zero-order valence-corrected chi connectivity index (χ0v) is 12.8. The van der Waals surface area contributed by atoms with Crippen molar-refractivity contribution in [3.05, 3.63) is 54.1 Å². The quantitative estimate of drug-likeness (QED) is 0.606. The molecule has 6 heteroatoms. The van der Waals surface area contributed by atoms with E-state index in [0.29, 0.717) is 18.5 Å². The maximum absolute atomic E-state index is 13.5. The van der Waals surface area contributed by atoms with Crippen LogP contribution >= 0.6 is 0 Å². The maximum Gasteiger partial charge on any atom is 0.191 e. The molecule has 0 unspecified atom stereocenters. The lowest BCUT2D eigenvalue weighted by Gasteiger charge is -2.11. The van der Waals surface area contributed by atoms with Gasteiger partial charge in [0.15, 0.2) is 5.96 Å². The molecular formula is C16H22FN5. The number of halogens is 1. The fourth-order valence-corrected chi connectivity index (χ4v) is 2.05. The molecule has 0 aliphatic rings. The molecule has 5 nitrogen and oxygen atoms in total. The standard InChI is InChI=1S/C16H22FN5/c1-2-18-16(20-11-13-22-12-5-9-21-22)19-10-8-14-6-3-4-7-15(14)17/h3-7,9,12H,2,8,10-11,13H2,1H3,(H2,18,19,20). The Morgan fingerprint density at radius 1 is 1.27 bits per heavy atom. The van der Waals surface area contributed by atoms with Gasteiger partial charge in [0.1, 0.15) is 5.82 Å². The smallest absolute Gasteiger partial charge is 0.191 e. The van der Waals surface area contributed by atoms with E-state index in [2.05, 4.69) is 20.7 Å². The van der Waals surface area contributed by atoms with Crippen molar-refractivity contribution in [2.45, 2.75) is 19.9 Å². The first-order chi connectivity index (χ1) is 10.8. The number of guanidine groups is 1. The lowest BCUT2D eigenvalue weighted by atomic mass is 10.1. The van der Waals surface area contributed by atoms with Gasteiger partial charge in [-0.2, -0.15) is 5.10 Å². The van der Waals surface area contributed by atoms with Gasteiger partial charge in [0.05, 0.1) is 6.54 Å². The molecule has 1 aromatic heterocycles. The Balaban J connectivity index is 1.80. The van der Waals surface area contributed by atoms with E-state index in [-0.39, 0.29) is 5.82 Å². The highest BCUT2D eigenvalue weighted by molar-refractivity contribution is 5.79. The molecule has 1 aromatic carbocycles. The Hall–Kier alpha value is -2.37. The minimum atomic E-state index is -0.172. The SMILES string of the molecule is CCNC(=NCCc1ccccc1F)NCCn1cccn1. The largest absolute Gasteiger partial charge is 0.357 e. The van der Waals surface area contributed by atoms with Crippen molar-refractivity contribution < 1.29 is 4.39 Å². The number of rotatable bonds is 7. The number of nitrogens with one attached hydrogen (secondary N) is 2. The van der Waals surface area contributed by atoms with Gasteiger partial charge in [-0.25, -0.2) is 4.39 Å². The molecule has 2 aromatic rings. The van der Waals surface area contributed by atoms with Gasteiger partial charge in [0.25, 0.3) is 0 Å². The summed E-state index contributed by atoms with van der Waals surface area (Å²) in [4.78, 5) is 4.47. The highest BCUT2D eigenvalue weighted by Crippen LogP contribution is 2.06. The summed E-state index contributed by atoms with van der Waals surface area (Å²) in [5, 5.41) is 10.6. The molecule has 2 N–H and O–H groups in total. The van der Waals surface area contributed by atoms with Gasteiger partial charge < -0.3 is 10.6 Å². The van der Waals surface area contributed by atoms with Crippen molar-refractivity contribution in [3.63, 3.8) is 0 Å². The van der Waals surface area contributed by atoms with Crippen LogP contribution in [0.1, 0.15) is 12.5 Å². The summed E-state index contributed by atoms with van der Waals surface area (Å²) in [6.45, 7) is 4.84. The first kappa shape index (κ1) is 16.0. The van der Waals surface area contributed by atoms with Gasteiger partial charge in [-0.15, -0.1) is 0 Å². The van der Waals surface area contributed by atoms with Gasteiger partial charge in [-0.05, 0) is 31.0 Å². The van der Waals surface area contributed by atoms with Crippen LogP contribution in [0.15, 0.2) is 47.7 Å². The molecule has 0 atom stereocenters. The van der Waals surface area contributed by atoms with Gasteiger partial charge in [-0.1, -0.05) is 18.2 Å². The Morgan fingerprint density at radius 2 is 2.14 bits per heavy atom. The molecule has 0 amide bonds. The number of benzene rings is 1. The minimum Gasteiger partial charge on any atom is -0.357 e. The van der Waals surface area contributed by atoms with Crippen molar-refractivity contribution in [1.29, 1.82) is 0 Å². The molecule has 0 saturated heterocycles. The average Bonchev–Trinajstić information content (AvgIpc) is 3.02. The van der Waals surface area contributed by atoms with Crippen LogP contribution in [0.2, 0.25) is 0 Å². The topological polar surface area (TPSA) is 54.2 Å². The summed E-state index contributed by atoms with van der Waals surface area (Å²) in [5.41, 5.74) is 0.693. The molecule has 22 heavy (non-hydrogen) atoms. The molecule has 118 valence electrons. The first-order valence-corrected chi connectivity index (χ1v) is 7.52. The zero-order valence-electron chi connectivity index (χ0n) is 12.8. The molecular weight excluding hydrogens is 281 g/mol. The molecule has 0 aliphatic heterocycles. The predicted molar refractivity (Wildman–Crippen MR) is 86.3 cm³/mol. The number of hydrogen-bond acceptors (Lipinski definition) is 2. The Morgan fingerprint density at radius 3 is 2.86 bits per heavy atom. The summed E-state index contributed by atoms with van der Waals surface area (Å²) < 4.78 is 15.4. The molecule has 0 saturated carbocycles. The number of hydrogen-bond donors (Lipinski definition) is 2. The van der Waals surface area contributed by atoms with Crippen LogP contribution in [0.3, 0.4) is 0 Å². The summed E-state index contributed by atoms with van der Waals surface area (Å²) >= 11 is 0. The molecule has 0 fully saturated rings. The second kappa shape index (κ2) is 8.81. The summed E-state index contributed by atoms with van der Waals surface area (Å²) in [6.07, 6.45) is 4.26. The summed E-state index contributed by atoms with van der Waals surface area (Å²) in [7, 11) is 0. The van der Waals surface area contributed by atoms with Gasteiger partial charge in [0, 0.05) is 32.0 Å². The molecule has 0 radical (unpaired) electrons. The monoisotopic (exact) mass is 303 g/mol. The van der Waals surface area contributed by atoms with Crippen molar-refractivity contribution in [2.75, 3.05) is 19.6 Å². The normalized spacial score (nSPS) is 11.5. The number of nitrogens with zero attached hydrogens (tertiary/aromatic N) is 3. The van der Waals surface area contributed by atoms with E-state index < -0.39 is 0 Å². The fourth-order valence-electron chi connectivity index (χ4n) is 2.05. The van der Waals surface area contributed by atoms with Crippen LogP contribution in [-0.2, 0) is 13.0 Å². The van der Waals surface area contributed by atoms with E-state index in [1.165, 1.54) is 6.07 Å². The zero-order chi connectivity index (χ0) is 15.6. The minimum absolute atomic E-state index is 0.172. The third-order valence-electron chi connectivity index (χ3n) is 3.15. The van der Waals surface area contributed by atoms with E-state index in [4.69, 9.17) is 0 Å². The lowest BCUT2D eigenvalue weighted by Crippen LogP contribution is -2.39. The number of aromatic nitrogens is 2. The van der Waals surface area contributed by atoms with Gasteiger partial charge in [-0.3, -0.25) is 9.67 Å². The predicted octanol–water partition coefficient (Wildman–Crippen LogP) is 1.82. The van der Waals surface area contributed by atoms with Crippen LogP contribution in [-0.4, -0.2) is 35.4 Å². The molecule has 1 heterocycles. The highest BCUT2D eigenvalue weighted by Gasteiger charge is 2.01. The van der Waals surface area contributed by atoms with Crippen LogP contribution in [0, 0.1) is 5.82 Å². The first-order valence-electron chi connectivity index (χ1n) is 7.52. The van der Waals surface area contributed by atoms with Crippen LogP contribution in [0.5, 0.6) is 0 Å². The van der Waals surface area contributed by atoms with Crippen LogP contribution in [0.4, 0.5) is 4.39 Å². The van der Waals surface area contributed by atoms with E-state index >= 15 is 0 Å². The van der Waals surface area contributed by atoms with Gasteiger partial charge in [0.2, 0.25) is 0 Å². The number of aliphatic imine (C=N–C) groups is 1. The van der Waals surface area contributed by atoms with Crippen LogP contribution < -0.4 is 10.6 Å². The fraction of sp³-hybridized carbons (Fsp3) is 0.375. The maximum atomic E-state index is 13.5. The van der Waals surface area contributed by atoms with Crippen molar-refractivity contribution in [3.8, 4) is 0 Å². The summed E-state index contributed by atoms with van der Waals surface area (Å²) in [6, 6.07) is 8.71. The Kier molecular flexibility index (Phi) is 6.41. The Labute approximate surface area is 130 Å². The molecule has 0 spiro atoms. The van der Waals surface area contributed by atoms with E-state index in [0.717, 1.165) is 25.6 Å². The molecule has 0 bridgehead atoms. The van der Waals surface area contributed by atoms with Crippen molar-refractivity contribution in [1.82, 2.24) is 20.4 Å². The van der Waals surface area contributed by atoms with E-state index in [1.807, 2.05) is 29.9 Å². The van der Waals surface area contributed by atoms with E-state index in [9.17, 15) is 4.39 Å². The van der Waals surface area contributed by atoms with Gasteiger partial charge >= 0.3 is 0 Å². The third kappa shape index (κ3) is 5.20. The summed E-state index contributed by atoms with van der Waals surface area (Å²) in [5.74, 6) is 0.570. The third-order valence-corrected chi connectivity index (χ3v) is 3.15. The molecule has 2 rings (SSSR count). The van der Waals surface area contributed by atoms with Crippen molar-refractivity contribution in [2.24, 2.45) is 4.99 Å². The van der Waals surface area contributed by atoms with Crippen molar-refractivity contribution >= 4 is 5.96 Å². The lowest BCUT2D eigenvalue weighted by molar-refractivity contribution is 0.597. The molecule has 0 aliphatic carbocycles. The average molecular weight is 303 g/mol. The highest BCUT2D eigenvalue weighted by atomic mass is 19.1.